The Morgan fingerprint density at radius 2 is 1.73 bits per heavy atom. The number of rotatable bonds is 9. The minimum absolute atomic E-state index is 0.321. The summed E-state index contributed by atoms with van der Waals surface area (Å²) in [7, 11) is 0. The van der Waals surface area contributed by atoms with Crippen LogP contribution in [0.5, 0.6) is 0 Å². The molecular weight excluding hydrogens is 348 g/mol. The fourth-order valence-corrected chi connectivity index (χ4v) is 3.23. The van der Waals surface area contributed by atoms with E-state index in [1.165, 1.54) is 0 Å². The smallest absolute Gasteiger partial charge is 0.321 e. The molecule has 26 heavy (non-hydrogen) atoms. The molecule has 0 bridgehead atoms. The van der Waals surface area contributed by atoms with Crippen molar-refractivity contribution in [2.45, 2.75) is 45.4 Å². The Morgan fingerprint density at radius 3 is 2.38 bits per heavy atom. The van der Waals surface area contributed by atoms with Crippen LogP contribution in [0.3, 0.4) is 0 Å². The molecule has 2 rings (SSSR count). The summed E-state index contributed by atoms with van der Waals surface area (Å²) in [4.78, 5) is 25.9. The van der Waals surface area contributed by atoms with Gasteiger partial charge in [0, 0.05) is 5.56 Å². The lowest BCUT2D eigenvalue weighted by Gasteiger charge is -2.17. The van der Waals surface area contributed by atoms with E-state index in [0.29, 0.717) is 22.8 Å². The summed E-state index contributed by atoms with van der Waals surface area (Å²) in [5, 5.41) is 0.353. The van der Waals surface area contributed by atoms with Gasteiger partial charge in [-0.15, -0.1) is 0 Å². The van der Waals surface area contributed by atoms with Crippen LogP contribution in [0.2, 0.25) is 5.02 Å². The number of carbonyl (C=O) groups is 2. The van der Waals surface area contributed by atoms with Gasteiger partial charge in [0.05, 0.1) is 11.6 Å². The summed E-state index contributed by atoms with van der Waals surface area (Å²) in [5.74, 6) is -1.84. The highest BCUT2D eigenvalue weighted by molar-refractivity contribution is 6.35. The molecule has 2 aromatic rings. The van der Waals surface area contributed by atoms with Crippen molar-refractivity contribution in [1.29, 1.82) is 0 Å². The van der Waals surface area contributed by atoms with Gasteiger partial charge in [-0.3, -0.25) is 9.59 Å². The highest BCUT2D eigenvalue weighted by Crippen LogP contribution is 2.28. The molecule has 2 aromatic carbocycles. The van der Waals surface area contributed by atoms with Crippen LogP contribution >= 0.6 is 11.6 Å². The summed E-state index contributed by atoms with van der Waals surface area (Å²) >= 11 is 6.25. The highest BCUT2D eigenvalue weighted by atomic mass is 35.5. The minimum Gasteiger partial charge on any atom is -0.465 e. The Morgan fingerprint density at radius 1 is 1.00 bits per heavy atom. The lowest BCUT2D eigenvalue weighted by atomic mass is 9.89. The molecule has 0 heterocycles. The second-order valence-electron chi connectivity index (χ2n) is 6.37. The van der Waals surface area contributed by atoms with Gasteiger partial charge < -0.3 is 4.74 Å². The van der Waals surface area contributed by atoms with Crippen molar-refractivity contribution < 1.29 is 14.3 Å². The second kappa shape index (κ2) is 10.1. The third kappa shape index (κ3) is 5.18. The van der Waals surface area contributed by atoms with Crippen LogP contribution in [0, 0.1) is 6.92 Å². The number of aryl methyl sites for hydroxylation is 1. The molecule has 0 saturated carbocycles. The van der Waals surface area contributed by atoms with E-state index in [1.807, 2.05) is 31.2 Å². The number of carbonyl (C=O) groups excluding carboxylic acids is 2. The molecule has 0 spiro atoms. The molecule has 3 nitrogen and oxygen atoms in total. The van der Waals surface area contributed by atoms with Crippen LogP contribution < -0.4 is 0 Å². The number of ether oxygens (including phenoxy) is 1. The van der Waals surface area contributed by atoms with E-state index in [1.54, 1.807) is 24.3 Å². The average Bonchev–Trinajstić information content (AvgIpc) is 2.62. The first-order chi connectivity index (χ1) is 12.6. The Kier molecular flexibility index (Phi) is 7.86. The van der Waals surface area contributed by atoms with Crippen LogP contribution in [-0.2, 0) is 9.53 Å². The molecule has 0 fully saturated rings. The molecule has 1 unspecified atom stereocenters. The van der Waals surface area contributed by atoms with Crippen molar-refractivity contribution in [3.05, 3.63) is 70.2 Å². The lowest BCUT2D eigenvalue weighted by molar-refractivity contribution is -0.144. The van der Waals surface area contributed by atoms with Crippen molar-refractivity contribution in [1.82, 2.24) is 0 Å². The number of esters is 1. The maximum Gasteiger partial charge on any atom is 0.321 e. The first kappa shape index (κ1) is 20.2. The summed E-state index contributed by atoms with van der Waals surface area (Å²) < 4.78 is 5.42. The fourth-order valence-electron chi connectivity index (χ4n) is 2.91. The molecular formula is C22H25ClO3. The van der Waals surface area contributed by atoms with Crippen molar-refractivity contribution in [2.24, 2.45) is 0 Å². The first-order valence-electron chi connectivity index (χ1n) is 9.07. The zero-order valence-electron chi connectivity index (χ0n) is 15.3. The van der Waals surface area contributed by atoms with Gasteiger partial charge in [0.2, 0.25) is 0 Å². The summed E-state index contributed by atoms with van der Waals surface area (Å²) in [6.45, 7) is 4.27. The third-order valence-corrected chi connectivity index (χ3v) is 4.66. The second-order valence-corrected chi connectivity index (χ2v) is 6.78. The third-order valence-electron chi connectivity index (χ3n) is 4.34. The predicted molar refractivity (Wildman–Crippen MR) is 105 cm³/mol. The van der Waals surface area contributed by atoms with Crippen LogP contribution in [0.25, 0.3) is 0 Å². The molecule has 138 valence electrons. The SMILES string of the molecule is CCCCCCOC(=O)C(C(=O)c1c(C)cccc1Cl)c1ccccc1. The molecule has 0 aliphatic heterocycles. The number of hydrogen-bond acceptors (Lipinski definition) is 3. The molecule has 0 saturated heterocycles. The van der Waals surface area contributed by atoms with Gasteiger partial charge >= 0.3 is 5.97 Å². The number of benzene rings is 2. The van der Waals surface area contributed by atoms with Gasteiger partial charge in [-0.2, -0.15) is 0 Å². The number of unbranched alkanes of at least 4 members (excludes halogenated alkanes) is 3. The predicted octanol–water partition coefficient (Wildman–Crippen LogP) is 5.74. The topological polar surface area (TPSA) is 43.4 Å². The quantitative estimate of drug-likeness (QED) is 0.244. The van der Waals surface area contributed by atoms with Gasteiger partial charge in [0.1, 0.15) is 5.92 Å². The number of halogens is 1. The number of ketones is 1. The van der Waals surface area contributed by atoms with Crippen molar-refractivity contribution in [3.63, 3.8) is 0 Å². The van der Waals surface area contributed by atoms with Gasteiger partial charge in [-0.25, -0.2) is 0 Å². The summed E-state index contributed by atoms with van der Waals surface area (Å²) in [5.41, 5.74) is 1.75. The van der Waals surface area contributed by atoms with Crippen molar-refractivity contribution in [2.75, 3.05) is 6.61 Å². The largest absolute Gasteiger partial charge is 0.465 e. The zero-order chi connectivity index (χ0) is 18.9. The van der Waals surface area contributed by atoms with E-state index in [0.717, 1.165) is 31.2 Å². The van der Waals surface area contributed by atoms with Crippen molar-refractivity contribution >= 4 is 23.4 Å². The molecule has 0 aliphatic rings. The maximum absolute atomic E-state index is 13.2. The Bertz CT molecular complexity index is 720. The molecule has 0 aliphatic carbocycles. The van der Waals surface area contributed by atoms with E-state index in [-0.39, 0.29) is 5.78 Å². The number of Topliss-reactive ketones (excluding diaryl/α,β-unsaturated/α-hetero) is 1. The van der Waals surface area contributed by atoms with E-state index < -0.39 is 11.9 Å². The minimum atomic E-state index is -0.999. The van der Waals surface area contributed by atoms with E-state index in [9.17, 15) is 9.59 Å². The van der Waals surface area contributed by atoms with Crippen molar-refractivity contribution in [3.8, 4) is 0 Å². The highest BCUT2D eigenvalue weighted by Gasteiger charge is 2.32. The lowest BCUT2D eigenvalue weighted by Crippen LogP contribution is -2.25. The normalized spacial score (nSPS) is 11.8. The van der Waals surface area contributed by atoms with E-state index in [4.69, 9.17) is 16.3 Å². The Hall–Kier alpha value is -2.13. The van der Waals surface area contributed by atoms with Crippen LogP contribution in [0.1, 0.15) is 60.0 Å². The Balaban J connectivity index is 2.25. The van der Waals surface area contributed by atoms with Gasteiger partial charge in [-0.1, -0.05) is 80.3 Å². The average molecular weight is 373 g/mol. The molecule has 4 heteroatoms. The monoisotopic (exact) mass is 372 g/mol. The molecule has 1 atom stereocenters. The van der Waals surface area contributed by atoms with Crippen LogP contribution in [0.4, 0.5) is 0 Å². The molecule has 0 radical (unpaired) electrons. The van der Waals surface area contributed by atoms with E-state index in [2.05, 4.69) is 6.92 Å². The summed E-state index contributed by atoms with van der Waals surface area (Å²) in [6.07, 6.45) is 4.04. The van der Waals surface area contributed by atoms with Gasteiger partial charge in [0.25, 0.3) is 0 Å². The first-order valence-corrected chi connectivity index (χ1v) is 9.45. The van der Waals surface area contributed by atoms with Gasteiger partial charge in [0.15, 0.2) is 5.78 Å². The van der Waals surface area contributed by atoms with Gasteiger partial charge in [-0.05, 0) is 30.5 Å². The molecule has 0 aromatic heterocycles. The van der Waals surface area contributed by atoms with E-state index >= 15 is 0 Å². The fraction of sp³-hybridized carbons (Fsp3) is 0.364. The maximum atomic E-state index is 13.2. The zero-order valence-corrected chi connectivity index (χ0v) is 16.1. The van der Waals surface area contributed by atoms with Crippen LogP contribution in [-0.4, -0.2) is 18.4 Å². The molecule has 0 amide bonds. The standard InChI is InChI=1S/C22H25ClO3/c1-3-4-5-9-15-26-22(25)20(17-12-7-6-8-13-17)21(24)19-16(2)11-10-14-18(19)23/h6-8,10-14,20H,3-5,9,15H2,1-2H3. The summed E-state index contributed by atoms with van der Waals surface area (Å²) in [6, 6.07) is 14.3. The number of hydrogen-bond donors (Lipinski definition) is 0. The Labute approximate surface area is 160 Å². The van der Waals surface area contributed by atoms with Crippen LogP contribution in [0.15, 0.2) is 48.5 Å². The molecule has 0 N–H and O–H groups in total.